The maximum absolute atomic E-state index is 13.7. The second-order valence-electron chi connectivity index (χ2n) is 4.05. The fourth-order valence-corrected chi connectivity index (χ4v) is 1.80. The van der Waals surface area contributed by atoms with E-state index >= 15 is 0 Å². The number of hydrogen-bond acceptors (Lipinski definition) is 3. The van der Waals surface area contributed by atoms with Gasteiger partial charge in [-0.05, 0) is 18.6 Å². The molecule has 0 fully saturated rings. The van der Waals surface area contributed by atoms with Gasteiger partial charge in [-0.3, -0.25) is 0 Å². The van der Waals surface area contributed by atoms with Crippen molar-refractivity contribution in [2.45, 2.75) is 19.8 Å². The molecule has 2 aromatic rings. The van der Waals surface area contributed by atoms with E-state index in [0.717, 1.165) is 16.8 Å². The van der Waals surface area contributed by atoms with Crippen molar-refractivity contribution in [3.05, 3.63) is 41.0 Å². The number of carboxylic acid groups (broad SMARTS) is 1. The first-order chi connectivity index (χ1) is 9.47. The highest BCUT2D eigenvalue weighted by molar-refractivity contribution is 5.86. The standard InChI is InChI=1S/C12H10F3N3O2/c1-2-3-8-11(12(19)20)16-17-18(8)7-5-4-6(13)9(14)10(7)15/h4-5H,2-3H2,1H3,(H,19,20). The maximum atomic E-state index is 13.7. The van der Waals surface area contributed by atoms with Crippen molar-refractivity contribution in [1.82, 2.24) is 15.0 Å². The van der Waals surface area contributed by atoms with Gasteiger partial charge < -0.3 is 5.11 Å². The molecule has 0 amide bonds. The van der Waals surface area contributed by atoms with E-state index in [1.54, 1.807) is 6.92 Å². The Kier molecular flexibility index (Phi) is 3.73. The van der Waals surface area contributed by atoms with Gasteiger partial charge in [-0.15, -0.1) is 5.10 Å². The number of rotatable bonds is 4. The van der Waals surface area contributed by atoms with Gasteiger partial charge in [-0.25, -0.2) is 22.6 Å². The molecule has 20 heavy (non-hydrogen) atoms. The highest BCUT2D eigenvalue weighted by Crippen LogP contribution is 2.21. The third kappa shape index (κ3) is 2.24. The van der Waals surface area contributed by atoms with Crippen molar-refractivity contribution >= 4 is 5.97 Å². The second-order valence-corrected chi connectivity index (χ2v) is 4.05. The van der Waals surface area contributed by atoms with Crippen LogP contribution in [0.15, 0.2) is 12.1 Å². The summed E-state index contributed by atoms with van der Waals surface area (Å²) in [6, 6.07) is 1.72. The quantitative estimate of drug-likeness (QED) is 0.875. The molecule has 0 aliphatic carbocycles. The zero-order valence-electron chi connectivity index (χ0n) is 10.4. The molecule has 0 bridgehead atoms. The van der Waals surface area contributed by atoms with Crippen LogP contribution in [0.2, 0.25) is 0 Å². The molecular weight excluding hydrogens is 275 g/mol. The molecule has 0 saturated heterocycles. The van der Waals surface area contributed by atoms with Gasteiger partial charge in [0, 0.05) is 0 Å². The zero-order valence-corrected chi connectivity index (χ0v) is 10.4. The summed E-state index contributed by atoms with van der Waals surface area (Å²) >= 11 is 0. The average Bonchev–Trinajstić information content (AvgIpc) is 2.81. The summed E-state index contributed by atoms with van der Waals surface area (Å²) in [5.74, 6) is -5.73. The van der Waals surface area contributed by atoms with Crippen LogP contribution in [0.25, 0.3) is 5.69 Å². The highest BCUT2D eigenvalue weighted by Gasteiger charge is 2.23. The minimum Gasteiger partial charge on any atom is -0.476 e. The second kappa shape index (κ2) is 5.32. The largest absolute Gasteiger partial charge is 0.476 e. The van der Waals surface area contributed by atoms with E-state index in [1.165, 1.54) is 0 Å². The van der Waals surface area contributed by atoms with E-state index in [-0.39, 0.29) is 23.5 Å². The van der Waals surface area contributed by atoms with E-state index in [9.17, 15) is 18.0 Å². The summed E-state index contributed by atoms with van der Waals surface area (Å²) in [6.07, 6.45) is 0.812. The van der Waals surface area contributed by atoms with Gasteiger partial charge in [0.25, 0.3) is 0 Å². The molecule has 0 spiro atoms. The van der Waals surface area contributed by atoms with Gasteiger partial charge in [0.15, 0.2) is 23.1 Å². The van der Waals surface area contributed by atoms with Crippen molar-refractivity contribution in [3.8, 4) is 5.69 Å². The monoisotopic (exact) mass is 285 g/mol. The number of nitrogens with zero attached hydrogens (tertiary/aromatic N) is 3. The van der Waals surface area contributed by atoms with Gasteiger partial charge in [0.05, 0.1) is 5.69 Å². The number of aromatic carboxylic acids is 1. The number of carboxylic acids is 1. The number of benzene rings is 1. The first kappa shape index (κ1) is 14.0. The SMILES string of the molecule is CCCc1c(C(=O)O)nnn1-c1ccc(F)c(F)c1F. The lowest BCUT2D eigenvalue weighted by atomic mass is 10.2. The lowest BCUT2D eigenvalue weighted by Gasteiger charge is -2.08. The van der Waals surface area contributed by atoms with Crippen LogP contribution in [0.1, 0.15) is 29.5 Å². The van der Waals surface area contributed by atoms with Gasteiger partial charge >= 0.3 is 5.97 Å². The molecule has 1 N–H and O–H groups in total. The summed E-state index contributed by atoms with van der Waals surface area (Å²) in [4.78, 5) is 11.0. The molecule has 0 aliphatic heterocycles. The first-order valence-electron chi connectivity index (χ1n) is 5.79. The third-order valence-electron chi connectivity index (χ3n) is 2.70. The Morgan fingerprint density at radius 3 is 2.60 bits per heavy atom. The van der Waals surface area contributed by atoms with Gasteiger partial charge in [0.1, 0.15) is 5.69 Å². The van der Waals surface area contributed by atoms with Crippen LogP contribution in [0.4, 0.5) is 13.2 Å². The molecule has 0 aliphatic rings. The lowest BCUT2D eigenvalue weighted by Crippen LogP contribution is -2.09. The summed E-state index contributed by atoms with van der Waals surface area (Å²) in [6.45, 7) is 1.78. The summed E-state index contributed by atoms with van der Waals surface area (Å²) < 4.78 is 40.7. The van der Waals surface area contributed by atoms with Crippen LogP contribution in [0.5, 0.6) is 0 Å². The van der Waals surface area contributed by atoms with E-state index in [0.29, 0.717) is 6.42 Å². The average molecular weight is 285 g/mol. The van der Waals surface area contributed by atoms with Crippen LogP contribution in [0.3, 0.4) is 0 Å². The Bertz CT molecular complexity index is 670. The topological polar surface area (TPSA) is 68.0 Å². The normalized spacial score (nSPS) is 10.8. The van der Waals surface area contributed by atoms with Crippen LogP contribution in [-0.4, -0.2) is 26.1 Å². The van der Waals surface area contributed by atoms with Crippen molar-refractivity contribution in [1.29, 1.82) is 0 Å². The number of halogens is 3. The fourth-order valence-electron chi connectivity index (χ4n) is 1.80. The molecule has 0 saturated carbocycles. The Labute approximate surface area is 111 Å². The molecule has 0 unspecified atom stereocenters. The Balaban J connectivity index is 2.64. The molecule has 0 atom stereocenters. The Morgan fingerprint density at radius 1 is 1.30 bits per heavy atom. The summed E-state index contributed by atoms with van der Waals surface area (Å²) in [5.41, 5.74) is -0.590. The van der Waals surface area contributed by atoms with Crippen LogP contribution >= 0.6 is 0 Å². The Morgan fingerprint density at radius 2 is 2.00 bits per heavy atom. The van der Waals surface area contributed by atoms with E-state index in [1.807, 2.05) is 0 Å². The first-order valence-corrected chi connectivity index (χ1v) is 5.79. The van der Waals surface area contributed by atoms with Gasteiger partial charge in [0.2, 0.25) is 0 Å². The molecule has 1 aromatic heterocycles. The minimum absolute atomic E-state index is 0.130. The molecule has 1 heterocycles. The molecule has 5 nitrogen and oxygen atoms in total. The van der Waals surface area contributed by atoms with Crippen LogP contribution in [0, 0.1) is 17.5 Å². The molecule has 106 valence electrons. The summed E-state index contributed by atoms with van der Waals surface area (Å²) in [5, 5.41) is 15.9. The predicted octanol–water partition coefficient (Wildman–Crippen LogP) is 2.34. The Hall–Kier alpha value is -2.38. The molecule has 2 rings (SSSR count). The summed E-state index contributed by atoms with van der Waals surface area (Å²) in [7, 11) is 0. The molecule has 1 aromatic carbocycles. The van der Waals surface area contributed by atoms with E-state index < -0.39 is 23.4 Å². The number of hydrogen-bond donors (Lipinski definition) is 1. The van der Waals surface area contributed by atoms with Crippen molar-refractivity contribution < 1.29 is 23.1 Å². The smallest absolute Gasteiger partial charge is 0.358 e. The molecular formula is C12H10F3N3O2. The molecule has 8 heteroatoms. The lowest BCUT2D eigenvalue weighted by molar-refractivity contribution is 0.0689. The van der Waals surface area contributed by atoms with Crippen molar-refractivity contribution in [2.75, 3.05) is 0 Å². The number of aromatic nitrogens is 3. The van der Waals surface area contributed by atoms with Gasteiger partial charge in [-0.2, -0.15) is 0 Å². The van der Waals surface area contributed by atoms with Crippen LogP contribution < -0.4 is 0 Å². The maximum Gasteiger partial charge on any atom is 0.358 e. The predicted molar refractivity (Wildman–Crippen MR) is 62.2 cm³/mol. The van der Waals surface area contributed by atoms with Crippen molar-refractivity contribution in [3.63, 3.8) is 0 Å². The zero-order chi connectivity index (χ0) is 14.9. The van der Waals surface area contributed by atoms with Crippen LogP contribution in [-0.2, 0) is 6.42 Å². The van der Waals surface area contributed by atoms with E-state index in [2.05, 4.69) is 10.3 Å². The third-order valence-corrected chi connectivity index (χ3v) is 2.70. The van der Waals surface area contributed by atoms with E-state index in [4.69, 9.17) is 5.11 Å². The van der Waals surface area contributed by atoms with Crippen molar-refractivity contribution in [2.24, 2.45) is 0 Å². The molecule has 0 radical (unpaired) electrons. The van der Waals surface area contributed by atoms with Gasteiger partial charge in [-0.1, -0.05) is 18.6 Å². The highest BCUT2D eigenvalue weighted by atomic mass is 19.2. The number of carbonyl (C=O) groups is 1. The minimum atomic E-state index is -1.64. The fraction of sp³-hybridized carbons (Fsp3) is 0.250.